The average Bonchev–Trinajstić information content (AvgIpc) is 2.34. The van der Waals surface area contributed by atoms with Crippen molar-refractivity contribution in [1.82, 2.24) is 5.32 Å². The lowest BCUT2D eigenvalue weighted by molar-refractivity contribution is -0.137. The molecule has 0 saturated heterocycles. The Hall–Kier alpha value is -2.25. The fourth-order valence-corrected chi connectivity index (χ4v) is 1.83. The molecular weight excluding hydrogens is 313 g/mol. The van der Waals surface area contributed by atoms with Crippen LogP contribution >= 0.6 is 0 Å². The van der Waals surface area contributed by atoms with E-state index in [1.54, 1.807) is 20.8 Å². The first-order valence-corrected chi connectivity index (χ1v) is 6.83. The third kappa shape index (κ3) is 6.58. The van der Waals surface area contributed by atoms with E-state index in [9.17, 15) is 22.8 Å². The van der Waals surface area contributed by atoms with Crippen LogP contribution in [0.5, 0.6) is 0 Å². The third-order valence-corrected chi connectivity index (χ3v) is 2.71. The van der Waals surface area contributed by atoms with E-state index in [-0.39, 0.29) is 12.0 Å². The first kappa shape index (κ1) is 18.8. The van der Waals surface area contributed by atoms with Gasteiger partial charge in [-0.05, 0) is 38.5 Å². The molecule has 1 rings (SSSR count). The summed E-state index contributed by atoms with van der Waals surface area (Å²) in [5, 5.41) is 2.37. The summed E-state index contributed by atoms with van der Waals surface area (Å²) in [6.45, 7) is 4.92. The minimum atomic E-state index is -4.53. The van der Waals surface area contributed by atoms with Crippen molar-refractivity contribution in [3.05, 3.63) is 35.4 Å². The van der Waals surface area contributed by atoms with Gasteiger partial charge in [-0.15, -0.1) is 0 Å². The molecule has 1 aromatic carbocycles. The van der Waals surface area contributed by atoms with Crippen LogP contribution in [0.2, 0.25) is 0 Å². The van der Waals surface area contributed by atoms with Crippen LogP contribution in [0.3, 0.4) is 0 Å². The summed E-state index contributed by atoms with van der Waals surface area (Å²) in [5.74, 6) is -0.761. The maximum Gasteiger partial charge on any atom is 0.416 e. The molecule has 0 fully saturated rings. The Labute approximate surface area is 132 Å². The van der Waals surface area contributed by atoms with E-state index in [0.717, 1.165) is 12.1 Å². The smallest absolute Gasteiger partial charge is 0.416 e. The van der Waals surface area contributed by atoms with Crippen LogP contribution in [0.15, 0.2) is 24.3 Å². The molecule has 1 atom stereocenters. The molecule has 0 aliphatic carbocycles. The topological polar surface area (TPSA) is 81.4 Å². The Morgan fingerprint density at radius 3 is 2.35 bits per heavy atom. The number of rotatable bonds is 4. The van der Waals surface area contributed by atoms with Crippen molar-refractivity contribution in [2.75, 3.05) is 0 Å². The SMILES string of the molecule is CC(C)(C)OC(=O)NC(CC(N)=O)c1cccc(C(F)(F)F)c1. The van der Waals surface area contributed by atoms with E-state index in [1.165, 1.54) is 12.1 Å². The van der Waals surface area contributed by atoms with Gasteiger partial charge in [0, 0.05) is 0 Å². The van der Waals surface area contributed by atoms with Crippen molar-refractivity contribution < 1.29 is 27.5 Å². The molecule has 8 heteroatoms. The number of benzene rings is 1. The van der Waals surface area contributed by atoms with E-state index < -0.39 is 35.4 Å². The molecule has 3 N–H and O–H groups in total. The van der Waals surface area contributed by atoms with Crippen molar-refractivity contribution in [1.29, 1.82) is 0 Å². The third-order valence-electron chi connectivity index (χ3n) is 2.71. The number of halogens is 3. The Morgan fingerprint density at radius 1 is 1.26 bits per heavy atom. The van der Waals surface area contributed by atoms with Crippen LogP contribution in [-0.4, -0.2) is 17.6 Å². The minimum Gasteiger partial charge on any atom is -0.444 e. The summed E-state index contributed by atoms with van der Waals surface area (Å²) >= 11 is 0. The van der Waals surface area contributed by atoms with Gasteiger partial charge in [-0.3, -0.25) is 4.79 Å². The van der Waals surface area contributed by atoms with Crippen LogP contribution in [0.4, 0.5) is 18.0 Å². The largest absolute Gasteiger partial charge is 0.444 e. The number of alkyl halides is 3. The van der Waals surface area contributed by atoms with Crippen LogP contribution in [0, 0.1) is 0 Å². The number of primary amides is 1. The van der Waals surface area contributed by atoms with E-state index >= 15 is 0 Å². The molecule has 0 saturated carbocycles. The van der Waals surface area contributed by atoms with Gasteiger partial charge in [-0.2, -0.15) is 13.2 Å². The summed E-state index contributed by atoms with van der Waals surface area (Å²) < 4.78 is 43.4. The summed E-state index contributed by atoms with van der Waals surface area (Å²) in [6, 6.07) is 3.33. The van der Waals surface area contributed by atoms with Crippen LogP contribution in [0.25, 0.3) is 0 Å². The molecule has 0 bridgehead atoms. The number of nitrogens with two attached hydrogens (primary N) is 1. The van der Waals surface area contributed by atoms with Gasteiger partial charge in [0.05, 0.1) is 18.0 Å². The van der Waals surface area contributed by atoms with Crippen LogP contribution in [-0.2, 0) is 15.7 Å². The maximum absolute atomic E-state index is 12.8. The molecule has 1 unspecified atom stereocenters. The average molecular weight is 332 g/mol. The lowest BCUT2D eigenvalue weighted by atomic mass is 10.0. The molecule has 2 amide bonds. The Bertz CT molecular complexity index is 580. The first-order chi connectivity index (χ1) is 10.4. The maximum atomic E-state index is 12.8. The lowest BCUT2D eigenvalue weighted by Crippen LogP contribution is -2.36. The Morgan fingerprint density at radius 2 is 1.87 bits per heavy atom. The fourth-order valence-electron chi connectivity index (χ4n) is 1.83. The number of hydrogen-bond donors (Lipinski definition) is 2. The minimum absolute atomic E-state index is 0.115. The molecule has 0 aliphatic rings. The highest BCUT2D eigenvalue weighted by molar-refractivity contribution is 5.76. The molecule has 23 heavy (non-hydrogen) atoms. The molecule has 0 spiro atoms. The second kappa shape index (κ2) is 6.89. The molecular formula is C15H19F3N2O3. The zero-order valence-corrected chi connectivity index (χ0v) is 13.0. The van der Waals surface area contributed by atoms with Crippen molar-refractivity contribution in [3.63, 3.8) is 0 Å². The number of hydrogen-bond acceptors (Lipinski definition) is 3. The van der Waals surface area contributed by atoms with Gasteiger partial charge in [-0.25, -0.2) is 4.79 Å². The molecule has 0 aliphatic heterocycles. The number of ether oxygens (including phenoxy) is 1. The molecule has 0 aromatic heterocycles. The van der Waals surface area contributed by atoms with Crippen molar-refractivity contribution in [3.8, 4) is 0 Å². The number of nitrogens with one attached hydrogen (secondary N) is 1. The monoisotopic (exact) mass is 332 g/mol. The van der Waals surface area contributed by atoms with Crippen molar-refractivity contribution in [2.24, 2.45) is 5.73 Å². The van der Waals surface area contributed by atoms with Crippen LogP contribution in [0.1, 0.15) is 44.4 Å². The van der Waals surface area contributed by atoms with Gasteiger partial charge in [0.25, 0.3) is 0 Å². The van der Waals surface area contributed by atoms with Gasteiger partial charge >= 0.3 is 12.3 Å². The van der Waals surface area contributed by atoms with Gasteiger partial charge in [-0.1, -0.05) is 12.1 Å². The summed E-state index contributed by atoms with van der Waals surface area (Å²) in [4.78, 5) is 22.9. The Kier molecular flexibility index (Phi) is 5.63. The first-order valence-electron chi connectivity index (χ1n) is 6.83. The Balaban J connectivity index is 3.03. The highest BCUT2D eigenvalue weighted by atomic mass is 19.4. The second-order valence-corrected chi connectivity index (χ2v) is 5.99. The van der Waals surface area contributed by atoms with Gasteiger partial charge < -0.3 is 15.8 Å². The zero-order chi connectivity index (χ0) is 17.8. The molecule has 128 valence electrons. The zero-order valence-electron chi connectivity index (χ0n) is 13.0. The highest BCUT2D eigenvalue weighted by Crippen LogP contribution is 2.31. The van der Waals surface area contributed by atoms with Crippen LogP contribution < -0.4 is 11.1 Å². The quantitative estimate of drug-likeness (QED) is 0.889. The number of alkyl carbamates (subject to hydrolysis) is 1. The molecule has 5 nitrogen and oxygen atoms in total. The van der Waals surface area contributed by atoms with Gasteiger partial charge in [0.1, 0.15) is 5.60 Å². The summed E-state index contributed by atoms with van der Waals surface area (Å²) in [5.41, 5.74) is 3.56. The van der Waals surface area contributed by atoms with E-state index in [4.69, 9.17) is 10.5 Å². The number of amides is 2. The normalized spacial score (nSPS) is 13.3. The van der Waals surface area contributed by atoms with E-state index in [2.05, 4.69) is 5.32 Å². The number of carbonyl (C=O) groups excluding carboxylic acids is 2. The summed E-state index contributed by atoms with van der Waals surface area (Å²) in [7, 11) is 0. The molecule has 1 aromatic rings. The standard InChI is InChI=1S/C15H19F3N2O3/c1-14(2,3)23-13(22)20-11(8-12(19)21)9-5-4-6-10(7-9)15(16,17)18/h4-7,11H,8H2,1-3H3,(H2,19,21)(H,20,22). The van der Waals surface area contributed by atoms with Gasteiger partial charge in [0.15, 0.2) is 0 Å². The predicted octanol–water partition coefficient (Wildman–Crippen LogP) is 3.15. The predicted molar refractivity (Wildman–Crippen MR) is 77.4 cm³/mol. The fraction of sp³-hybridized carbons (Fsp3) is 0.467. The highest BCUT2D eigenvalue weighted by Gasteiger charge is 2.31. The second-order valence-electron chi connectivity index (χ2n) is 5.99. The van der Waals surface area contributed by atoms with E-state index in [1.807, 2.05) is 0 Å². The lowest BCUT2D eigenvalue weighted by Gasteiger charge is -2.23. The van der Waals surface area contributed by atoms with E-state index in [0.29, 0.717) is 0 Å². The van der Waals surface area contributed by atoms with Crippen molar-refractivity contribution >= 4 is 12.0 Å². The molecule has 0 radical (unpaired) electrons. The summed E-state index contributed by atoms with van der Waals surface area (Å²) in [6.07, 6.45) is -5.72. The van der Waals surface area contributed by atoms with Crippen molar-refractivity contribution in [2.45, 2.75) is 45.0 Å². The number of carbonyl (C=O) groups is 2. The molecule has 0 heterocycles. The van der Waals surface area contributed by atoms with Gasteiger partial charge in [0.2, 0.25) is 5.91 Å².